The minimum absolute atomic E-state index is 0.841. The van der Waals surface area contributed by atoms with E-state index in [2.05, 4.69) is 13.8 Å². The lowest BCUT2D eigenvalue weighted by atomic mass is 9.78. The molecule has 1 aliphatic carbocycles. The third kappa shape index (κ3) is 3.68. The first kappa shape index (κ1) is 11.0. The van der Waals surface area contributed by atoms with Crippen LogP contribution in [-0.2, 0) is 0 Å². The van der Waals surface area contributed by atoms with Crippen LogP contribution in [-0.4, -0.2) is 6.54 Å². The Labute approximate surface area is 83.1 Å². The van der Waals surface area contributed by atoms with Crippen LogP contribution in [0.15, 0.2) is 0 Å². The van der Waals surface area contributed by atoms with E-state index in [-0.39, 0.29) is 0 Å². The number of hydrogen-bond acceptors (Lipinski definition) is 1. The van der Waals surface area contributed by atoms with Crippen molar-refractivity contribution in [3.63, 3.8) is 0 Å². The average Bonchev–Trinajstić information content (AvgIpc) is 2.19. The molecule has 1 heteroatoms. The zero-order valence-corrected chi connectivity index (χ0v) is 9.26. The van der Waals surface area contributed by atoms with Gasteiger partial charge in [0.15, 0.2) is 0 Å². The summed E-state index contributed by atoms with van der Waals surface area (Å²) in [6.45, 7) is 5.60. The number of nitrogens with two attached hydrogens (primary N) is 1. The fraction of sp³-hybridized carbons (Fsp3) is 1.00. The molecule has 0 radical (unpaired) electrons. The van der Waals surface area contributed by atoms with Crippen molar-refractivity contribution in [2.45, 2.75) is 52.4 Å². The Hall–Kier alpha value is -0.0400. The molecular weight excluding hydrogens is 158 g/mol. The molecule has 0 aromatic rings. The van der Waals surface area contributed by atoms with Crippen LogP contribution in [0.4, 0.5) is 0 Å². The summed E-state index contributed by atoms with van der Waals surface area (Å²) in [5, 5.41) is 0. The second-order valence-electron chi connectivity index (χ2n) is 4.87. The first-order valence-electron chi connectivity index (χ1n) is 5.96. The highest BCUT2D eigenvalue weighted by molar-refractivity contribution is 4.74. The first-order valence-corrected chi connectivity index (χ1v) is 5.96. The van der Waals surface area contributed by atoms with Crippen LogP contribution in [0.25, 0.3) is 0 Å². The maximum atomic E-state index is 5.68. The van der Waals surface area contributed by atoms with Gasteiger partial charge < -0.3 is 5.73 Å². The minimum atomic E-state index is 0.841. The lowest BCUT2D eigenvalue weighted by Crippen LogP contribution is -2.22. The highest BCUT2D eigenvalue weighted by atomic mass is 14.5. The van der Waals surface area contributed by atoms with Gasteiger partial charge >= 0.3 is 0 Å². The van der Waals surface area contributed by atoms with Gasteiger partial charge in [-0.15, -0.1) is 0 Å². The second-order valence-corrected chi connectivity index (χ2v) is 4.87. The van der Waals surface area contributed by atoms with Crippen molar-refractivity contribution in [3.05, 3.63) is 0 Å². The monoisotopic (exact) mass is 183 g/mol. The number of hydrogen-bond donors (Lipinski definition) is 1. The third-order valence-electron chi connectivity index (χ3n) is 3.73. The van der Waals surface area contributed by atoms with E-state index in [0.717, 1.165) is 24.3 Å². The predicted molar refractivity (Wildman–Crippen MR) is 58.6 cm³/mol. The van der Waals surface area contributed by atoms with Gasteiger partial charge in [0.1, 0.15) is 0 Å². The SMILES string of the molecule is CCC(C)CC1CCC(CN)CC1. The molecular formula is C12H25N. The summed E-state index contributed by atoms with van der Waals surface area (Å²) in [5.74, 6) is 2.78. The lowest BCUT2D eigenvalue weighted by molar-refractivity contribution is 0.242. The van der Waals surface area contributed by atoms with Crippen LogP contribution in [0, 0.1) is 17.8 Å². The topological polar surface area (TPSA) is 26.0 Å². The van der Waals surface area contributed by atoms with Crippen LogP contribution in [0.5, 0.6) is 0 Å². The van der Waals surface area contributed by atoms with Crippen LogP contribution in [0.3, 0.4) is 0 Å². The zero-order chi connectivity index (χ0) is 9.68. The highest BCUT2D eigenvalue weighted by Crippen LogP contribution is 2.32. The highest BCUT2D eigenvalue weighted by Gasteiger charge is 2.20. The number of rotatable bonds is 4. The molecule has 1 nitrogen and oxygen atoms in total. The fourth-order valence-corrected chi connectivity index (χ4v) is 2.44. The van der Waals surface area contributed by atoms with Crippen molar-refractivity contribution in [2.24, 2.45) is 23.5 Å². The summed E-state index contributed by atoms with van der Waals surface area (Å²) in [6.07, 6.45) is 8.44. The molecule has 0 heterocycles. The molecule has 13 heavy (non-hydrogen) atoms. The molecule has 78 valence electrons. The zero-order valence-electron chi connectivity index (χ0n) is 9.26. The Morgan fingerprint density at radius 2 is 1.69 bits per heavy atom. The van der Waals surface area contributed by atoms with Crippen molar-refractivity contribution >= 4 is 0 Å². The van der Waals surface area contributed by atoms with Gasteiger partial charge in [0.25, 0.3) is 0 Å². The van der Waals surface area contributed by atoms with E-state index in [4.69, 9.17) is 5.73 Å². The quantitative estimate of drug-likeness (QED) is 0.711. The van der Waals surface area contributed by atoms with E-state index >= 15 is 0 Å². The lowest BCUT2D eigenvalue weighted by Gasteiger charge is -2.29. The largest absolute Gasteiger partial charge is 0.330 e. The Kier molecular flexibility index (Phi) is 4.79. The van der Waals surface area contributed by atoms with Crippen molar-refractivity contribution in [1.29, 1.82) is 0 Å². The molecule has 1 atom stereocenters. The van der Waals surface area contributed by atoms with Crippen LogP contribution in [0.2, 0.25) is 0 Å². The maximum Gasteiger partial charge on any atom is -0.00489 e. The average molecular weight is 183 g/mol. The van der Waals surface area contributed by atoms with Gasteiger partial charge in [-0.3, -0.25) is 0 Å². The van der Waals surface area contributed by atoms with E-state index in [1.165, 1.54) is 38.5 Å². The molecule has 2 N–H and O–H groups in total. The van der Waals surface area contributed by atoms with Crippen molar-refractivity contribution < 1.29 is 0 Å². The van der Waals surface area contributed by atoms with E-state index in [1.54, 1.807) is 0 Å². The molecule has 1 saturated carbocycles. The second kappa shape index (κ2) is 5.64. The Bertz CT molecular complexity index is 125. The molecule has 1 aliphatic rings. The van der Waals surface area contributed by atoms with Gasteiger partial charge in [0.05, 0.1) is 0 Å². The minimum Gasteiger partial charge on any atom is -0.330 e. The normalized spacial score (nSPS) is 31.6. The van der Waals surface area contributed by atoms with Crippen molar-refractivity contribution in [3.8, 4) is 0 Å². The van der Waals surface area contributed by atoms with Gasteiger partial charge in [0.2, 0.25) is 0 Å². The molecule has 0 aromatic carbocycles. The Balaban J connectivity index is 2.17. The van der Waals surface area contributed by atoms with E-state index in [0.29, 0.717) is 0 Å². The maximum absolute atomic E-state index is 5.68. The van der Waals surface area contributed by atoms with Gasteiger partial charge in [0, 0.05) is 0 Å². The van der Waals surface area contributed by atoms with Gasteiger partial charge in [-0.05, 0) is 43.6 Å². The summed E-state index contributed by atoms with van der Waals surface area (Å²) in [4.78, 5) is 0. The van der Waals surface area contributed by atoms with Crippen LogP contribution >= 0.6 is 0 Å². The van der Waals surface area contributed by atoms with Crippen LogP contribution < -0.4 is 5.73 Å². The molecule has 0 spiro atoms. The van der Waals surface area contributed by atoms with Gasteiger partial charge in [-0.2, -0.15) is 0 Å². The molecule has 1 rings (SSSR count). The fourth-order valence-electron chi connectivity index (χ4n) is 2.44. The van der Waals surface area contributed by atoms with Crippen molar-refractivity contribution in [1.82, 2.24) is 0 Å². The van der Waals surface area contributed by atoms with Gasteiger partial charge in [-0.25, -0.2) is 0 Å². The molecule has 1 fully saturated rings. The predicted octanol–water partition coefficient (Wildman–Crippen LogP) is 3.19. The summed E-state index contributed by atoms with van der Waals surface area (Å²) < 4.78 is 0. The van der Waals surface area contributed by atoms with Crippen molar-refractivity contribution in [2.75, 3.05) is 6.54 Å². The summed E-state index contributed by atoms with van der Waals surface area (Å²) in [7, 11) is 0. The van der Waals surface area contributed by atoms with Gasteiger partial charge in [-0.1, -0.05) is 33.1 Å². The Morgan fingerprint density at radius 1 is 1.15 bits per heavy atom. The smallest absolute Gasteiger partial charge is 0.00489 e. The van der Waals surface area contributed by atoms with E-state index in [9.17, 15) is 0 Å². The molecule has 0 amide bonds. The summed E-state index contributed by atoms with van der Waals surface area (Å²) in [5.41, 5.74) is 5.68. The standard InChI is InChI=1S/C12H25N/c1-3-10(2)8-11-4-6-12(9-13)7-5-11/h10-12H,3-9,13H2,1-2H3. The molecule has 0 saturated heterocycles. The third-order valence-corrected chi connectivity index (χ3v) is 3.73. The molecule has 0 aliphatic heterocycles. The summed E-state index contributed by atoms with van der Waals surface area (Å²) >= 11 is 0. The molecule has 0 aromatic heterocycles. The van der Waals surface area contributed by atoms with Crippen LogP contribution in [0.1, 0.15) is 52.4 Å². The van der Waals surface area contributed by atoms with E-state index in [1.807, 2.05) is 0 Å². The Morgan fingerprint density at radius 3 is 2.15 bits per heavy atom. The van der Waals surface area contributed by atoms with E-state index < -0.39 is 0 Å². The summed E-state index contributed by atoms with van der Waals surface area (Å²) in [6, 6.07) is 0. The molecule has 1 unspecified atom stereocenters. The molecule has 0 bridgehead atoms. The first-order chi connectivity index (χ1) is 6.26.